The van der Waals surface area contributed by atoms with Crippen molar-refractivity contribution in [3.63, 3.8) is 0 Å². The second kappa shape index (κ2) is 8.77. The molecule has 27 heavy (non-hydrogen) atoms. The van der Waals surface area contributed by atoms with E-state index < -0.39 is 0 Å². The zero-order chi connectivity index (χ0) is 19.4. The SMILES string of the molecule is Cc1cccc(O[C@H](C)c2nnc(NC(=O)[C@H](C)N3CCOCC3)s2)c1C. The zero-order valence-corrected chi connectivity index (χ0v) is 17.0. The molecular formula is C19H26N4O3S. The molecule has 0 unspecified atom stereocenters. The van der Waals surface area contributed by atoms with Gasteiger partial charge in [-0.25, -0.2) is 0 Å². The highest BCUT2D eigenvalue weighted by Crippen LogP contribution is 2.29. The zero-order valence-electron chi connectivity index (χ0n) is 16.2. The molecule has 0 bridgehead atoms. The maximum atomic E-state index is 12.5. The minimum atomic E-state index is -0.245. The van der Waals surface area contributed by atoms with E-state index in [0.29, 0.717) is 18.3 Å². The standard InChI is InChI=1S/C19H26N4O3S/c1-12-6-5-7-16(13(12)2)26-15(4)18-21-22-19(27-18)20-17(24)14(3)23-8-10-25-11-9-23/h5-7,14-15H,8-11H2,1-4H3,(H,20,22,24)/t14-,15+/m0/s1. The van der Waals surface area contributed by atoms with Gasteiger partial charge in [0.15, 0.2) is 5.01 Å². The fourth-order valence-corrected chi connectivity index (χ4v) is 3.61. The molecule has 2 aromatic rings. The quantitative estimate of drug-likeness (QED) is 0.817. The highest BCUT2D eigenvalue weighted by atomic mass is 32.1. The number of benzene rings is 1. The lowest BCUT2D eigenvalue weighted by Gasteiger charge is -2.31. The lowest BCUT2D eigenvalue weighted by Crippen LogP contribution is -2.47. The number of ether oxygens (including phenoxy) is 2. The molecule has 2 atom stereocenters. The van der Waals surface area contributed by atoms with Crippen LogP contribution in [0.4, 0.5) is 5.13 Å². The van der Waals surface area contributed by atoms with Crippen molar-refractivity contribution in [1.82, 2.24) is 15.1 Å². The first kappa shape index (κ1) is 19.7. The van der Waals surface area contributed by atoms with Gasteiger partial charge in [-0.3, -0.25) is 15.0 Å². The van der Waals surface area contributed by atoms with Crippen LogP contribution in [0.15, 0.2) is 18.2 Å². The average molecular weight is 391 g/mol. The van der Waals surface area contributed by atoms with Gasteiger partial charge in [-0.15, -0.1) is 10.2 Å². The summed E-state index contributed by atoms with van der Waals surface area (Å²) < 4.78 is 11.4. The molecular weight excluding hydrogens is 364 g/mol. The van der Waals surface area contributed by atoms with Gasteiger partial charge in [0.2, 0.25) is 11.0 Å². The molecule has 1 aromatic heterocycles. The summed E-state index contributed by atoms with van der Waals surface area (Å²) in [6, 6.07) is 5.75. The number of morpholine rings is 1. The Hall–Kier alpha value is -2.03. The first-order valence-corrected chi connectivity index (χ1v) is 9.96. The molecule has 1 aliphatic rings. The summed E-state index contributed by atoms with van der Waals surface area (Å²) in [5.74, 6) is 0.756. The van der Waals surface area contributed by atoms with E-state index in [9.17, 15) is 4.79 Å². The second-order valence-corrected chi connectivity index (χ2v) is 7.73. The first-order chi connectivity index (χ1) is 13.0. The fourth-order valence-electron chi connectivity index (χ4n) is 2.88. The third-order valence-electron chi connectivity index (χ3n) is 4.85. The third-order valence-corrected chi connectivity index (χ3v) is 5.85. The Morgan fingerprint density at radius 1 is 1.26 bits per heavy atom. The maximum absolute atomic E-state index is 12.5. The lowest BCUT2D eigenvalue weighted by molar-refractivity contribution is -0.122. The molecule has 1 aliphatic heterocycles. The van der Waals surface area contributed by atoms with Gasteiger partial charge in [0.05, 0.1) is 19.3 Å². The normalized spacial score (nSPS) is 17.3. The van der Waals surface area contributed by atoms with Crippen LogP contribution < -0.4 is 10.1 Å². The fraction of sp³-hybridized carbons (Fsp3) is 0.526. The molecule has 0 aliphatic carbocycles. The topological polar surface area (TPSA) is 76.6 Å². The second-order valence-electron chi connectivity index (χ2n) is 6.72. The largest absolute Gasteiger partial charge is 0.483 e. The summed E-state index contributed by atoms with van der Waals surface area (Å²) in [4.78, 5) is 14.6. The molecule has 1 fully saturated rings. The summed E-state index contributed by atoms with van der Waals surface area (Å²) in [5, 5.41) is 12.4. The van der Waals surface area contributed by atoms with Crippen molar-refractivity contribution in [2.75, 3.05) is 31.6 Å². The predicted molar refractivity (Wildman–Crippen MR) is 105 cm³/mol. The molecule has 3 rings (SSSR count). The number of rotatable bonds is 6. The van der Waals surface area contributed by atoms with Gasteiger partial charge in [-0.05, 0) is 44.9 Å². The Morgan fingerprint density at radius 2 is 2.00 bits per heavy atom. The Kier molecular flexibility index (Phi) is 6.41. The smallest absolute Gasteiger partial charge is 0.243 e. The lowest BCUT2D eigenvalue weighted by atomic mass is 10.1. The molecule has 0 radical (unpaired) electrons. The van der Waals surface area contributed by atoms with Gasteiger partial charge in [0, 0.05) is 13.1 Å². The molecule has 2 heterocycles. The number of anilines is 1. The van der Waals surface area contributed by atoms with E-state index in [4.69, 9.17) is 9.47 Å². The highest BCUT2D eigenvalue weighted by molar-refractivity contribution is 7.15. The Balaban J connectivity index is 1.60. The number of hydrogen-bond donors (Lipinski definition) is 1. The van der Waals surface area contributed by atoms with Crippen LogP contribution in [0.5, 0.6) is 5.75 Å². The summed E-state index contributed by atoms with van der Waals surface area (Å²) in [5.41, 5.74) is 2.30. The van der Waals surface area contributed by atoms with E-state index in [1.807, 2.05) is 32.9 Å². The number of amides is 1. The van der Waals surface area contributed by atoms with Crippen molar-refractivity contribution in [3.8, 4) is 5.75 Å². The first-order valence-electron chi connectivity index (χ1n) is 9.14. The molecule has 1 saturated heterocycles. The van der Waals surface area contributed by atoms with Crippen LogP contribution in [0.2, 0.25) is 0 Å². The van der Waals surface area contributed by atoms with Crippen molar-refractivity contribution in [2.45, 2.75) is 39.8 Å². The number of hydrogen-bond acceptors (Lipinski definition) is 7. The Bertz CT molecular complexity index is 789. The monoisotopic (exact) mass is 390 g/mol. The van der Waals surface area contributed by atoms with Crippen LogP contribution in [0.3, 0.4) is 0 Å². The third kappa shape index (κ3) is 4.82. The minimum Gasteiger partial charge on any atom is -0.483 e. The van der Waals surface area contributed by atoms with Gasteiger partial charge >= 0.3 is 0 Å². The molecule has 1 aromatic carbocycles. The van der Waals surface area contributed by atoms with Crippen LogP contribution in [-0.2, 0) is 9.53 Å². The van der Waals surface area contributed by atoms with Crippen molar-refractivity contribution in [3.05, 3.63) is 34.3 Å². The highest BCUT2D eigenvalue weighted by Gasteiger charge is 2.24. The van der Waals surface area contributed by atoms with E-state index in [2.05, 4.69) is 33.4 Å². The van der Waals surface area contributed by atoms with Gasteiger partial charge in [0.1, 0.15) is 11.9 Å². The van der Waals surface area contributed by atoms with Crippen LogP contribution in [0, 0.1) is 13.8 Å². The Labute approximate surface area is 163 Å². The Morgan fingerprint density at radius 3 is 2.74 bits per heavy atom. The molecule has 1 N–H and O–H groups in total. The number of nitrogens with one attached hydrogen (secondary N) is 1. The van der Waals surface area contributed by atoms with Gasteiger partial charge in [-0.2, -0.15) is 0 Å². The van der Waals surface area contributed by atoms with Crippen molar-refractivity contribution < 1.29 is 14.3 Å². The molecule has 7 nitrogen and oxygen atoms in total. The number of carbonyl (C=O) groups is 1. The van der Waals surface area contributed by atoms with Crippen molar-refractivity contribution in [1.29, 1.82) is 0 Å². The number of carbonyl (C=O) groups excluding carboxylic acids is 1. The number of nitrogens with zero attached hydrogens (tertiary/aromatic N) is 3. The molecule has 8 heteroatoms. The van der Waals surface area contributed by atoms with Gasteiger partial charge in [-0.1, -0.05) is 23.5 Å². The van der Waals surface area contributed by atoms with E-state index in [1.165, 1.54) is 16.9 Å². The summed E-state index contributed by atoms with van der Waals surface area (Å²) >= 11 is 1.34. The van der Waals surface area contributed by atoms with E-state index >= 15 is 0 Å². The van der Waals surface area contributed by atoms with E-state index in [-0.39, 0.29) is 18.1 Å². The molecule has 0 spiro atoms. The average Bonchev–Trinajstić information content (AvgIpc) is 3.14. The minimum absolute atomic E-state index is 0.0808. The maximum Gasteiger partial charge on any atom is 0.243 e. The van der Waals surface area contributed by atoms with E-state index in [0.717, 1.165) is 29.4 Å². The van der Waals surface area contributed by atoms with E-state index in [1.54, 1.807) is 0 Å². The van der Waals surface area contributed by atoms with Gasteiger partial charge < -0.3 is 9.47 Å². The number of aryl methyl sites for hydroxylation is 1. The number of aromatic nitrogens is 2. The van der Waals surface area contributed by atoms with Gasteiger partial charge in [0.25, 0.3) is 0 Å². The predicted octanol–water partition coefficient (Wildman–Crippen LogP) is 2.95. The van der Waals surface area contributed by atoms with Crippen LogP contribution in [0.25, 0.3) is 0 Å². The summed E-state index contributed by atoms with van der Waals surface area (Å²) in [6.45, 7) is 10.8. The van der Waals surface area contributed by atoms with Crippen LogP contribution in [-0.4, -0.2) is 53.3 Å². The molecule has 1 amide bonds. The summed E-state index contributed by atoms with van der Waals surface area (Å²) in [7, 11) is 0. The summed E-state index contributed by atoms with van der Waals surface area (Å²) in [6.07, 6.45) is -0.245. The molecule has 0 saturated carbocycles. The van der Waals surface area contributed by atoms with Crippen LogP contribution >= 0.6 is 11.3 Å². The van der Waals surface area contributed by atoms with Crippen molar-refractivity contribution >= 4 is 22.4 Å². The molecule has 146 valence electrons. The van der Waals surface area contributed by atoms with Crippen molar-refractivity contribution in [2.24, 2.45) is 0 Å². The van der Waals surface area contributed by atoms with Crippen LogP contribution in [0.1, 0.15) is 36.1 Å².